The van der Waals surface area contributed by atoms with Gasteiger partial charge >= 0.3 is 5.97 Å². The maximum atomic E-state index is 12.5. The number of esters is 1. The quantitative estimate of drug-likeness (QED) is 0.203. The van der Waals surface area contributed by atoms with Crippen LogP contribution in [0.3, 0.4) is 0 Å². The first-order chi connectivity index (χ1) is 11.5. The van der Waals surface area contributed by atoms with Gasteiger partial charge in [0, 0.05) is 17.7 Å². The molecule has 2 aromatic carbocycles. The molecule has 2 rings (SSSR count). The molecule has 0 heterocycles. The Bertz CT molecular complexity index is 796. The van der Waals surface area contributed by atoms with Gasteiger partial charge in [-0.2, -0.15) is 0 Å². The molecule has 0 saturated heterocycles. The predicted molar refractivity (Wildman–Crippen MR) is 89.0 cm³/mol. The van der Waals surface area contributed by atoms with Gasteiger partial charge in [0.15, 0.2) is 5.78 Å². The minimum absolute atomic E-state index is 0.127. The molecule has 0 fully saturated rings. The number of non-ortho nitro benzene ring substituents is 1. The normalized spacial score (nSPS) is 11.0. The van der Waals surface area contributed by atoms with E-state index in [4.69, 9.17) is 0 Å². The van der Waals surface area contributed by atoms with Crippen molar-refractivity contribution in [1.29, 1.82) is 0 Å². The van der Waals surface area contributed by atoms with Crippen LogP contribution in [0.5, 0.6) is 0 Å². The van der Waals surface area contributed by atoms with E-state index in [-0.39, 0.29) is 11.3 Å². The number of allylic oxidation sites excluding steroid dienone is 1. The number of nitro benzene ring substituents is 1. The Morgan fingerprint density at radius 3 is 2.46 bits per heavy atom. The van der Waals surface area contributed by atoms with E-state index < -0.39 is 23.1 Å². The molecule has 0 bridgehead atoms. The van der Waals surface area contributed by atoms with Gasteiger partial charge in [-0.25, -0.2) is 0 Å². The average Bonchev–Trinajstić information content (AvgIpc) is 2.60. The van der Waals surface area contributed by atoms with Gasteiger partial charge in [-0.05, 0) is 17.2 Å². The molecule has 24 heavy (non-hydrogen) atoms. The lowest BCUT2D eigenvalue weighted by Gasteiger charge is -2.07. The van der Waals surface area contributed by atoms with Crippen LogP contribution in [0.2, 0.25) is 0 Å². The van der Waals surface area contributed by atoms with Crippen molar-refractivity contribution >= 4 is 29.1 Å². The lowest BCUT2D eigenvalue weighted by Crippen LogP contribution is -2.11. The van der Waals surface area contributed by atoms with E-state index in [9.17, 15) is 19.7 Å². The number of methoxy groups -OCH3 is 1. The van der Waals surface area contributed by atoms with Gasteiger partial charge in [0.2, 0.25) is 0 Å². The number of ether oxygens (including phenoxy) is 1. The second kappa shape index (κ2) is 7.82. The standard InChI is InChI=1S/C18H15NO5/c1-24-18(21)12-17(20)16(10-13-6-3-2-4-7-13)14-8-5-9-15(11-14)19(22)23/h2-11H,12H2,1H3. The molecular weight excluding hydrogens is 310 g/mol. The highest BCUT2D eigenvalue weighted by molar-refractivity contribution is 6.28. The number of carbonyl (C=O) groups is 2. The van der Waals surface area contributed by atoms with Crippen molar-refractivity contribution in [3.63, 3.8) is 0 Å². The zero-order valence-electron chi connectivity index (χ0n) is 13.0. The molecule has 0 aliphatic heterocycles. The molecular formula is C18H15NO5. The Kier molecular flexibility index (Phi) is 5.57. The number of hydrogen-bond acceptors (Lipinski definition) is 5. The van der Waals surface area contributed by atoms with Crippen molar-refractivity contribution in [3.05, 3.63) is 75.8 Å². The predicted octanol–water partition coefficient (Wildman–Crippen LogP) is 3.27. The van der Waals surface area contributed by atoms with Gasteiger partial charge in [0.1, 0.15) is 6.42 Å². The van der Waals surface area contributed by atoms with Crippen molar-refractivity contribution in [3.8, 4) is 0 Å². The topological polar surface area (TPSA) is 86.5 Å². The second-order valence-electron chi connectivity index (χ2n) is 4.95. The molecule has 0 unspecified atom stereocenters. The van der Waals surface area contributed by atoms with E-state index in [1.54, 1.807) is 24.3 Å². The maximum absolute atomic E-state index is 12.5. The zero-order valence-corrected chi connectivity index (χ0v) is 13.0. The largest absolute Gasteiger partial charge is 0.469 e. The Labute approximate surface area is 138 Å². The molecule has 6 nitrogen and oxygen atoms in total. The van der Waals surface area contributed by atoms with Crippen LogP contribution in [-0.4, -0.2) is 23.8 Å². The van der Waals surface area contributed by atoms with E-state index in [1.807, 2.05) is 18.2 Å². The highest BCUT2D eigenvalue weighted by Crippen LogP contribution is 2.24. The minimum atomic E-state index is -0.663. The number of carbonyl (C=O) groups excluding carboxylic acids is 2. The van der Waals surface area contributed by atoms with E-state index in [0.29, 0.717) is 5.56 Å². The van der Waals surface area contributed by atoms with Crippen molar-refractivity contribution in [2.45, 2.75) is 6.42 Å². The summed E-state index contributed by atoms with van der Waals surface area (Å²) in [5.41, 5.74) is 1.21. The fourth-order valence-electron chi connectivity index (χ4n) is 2.13. The van der Waals surface area contributed by atoms with E-state index >= 15 is 0 Å². The molecule has 0 aliphatic rings. The van der Waals surface area contributed by atoms with Crippen LogP contribution in [0.15, 0.2) is 54.6 Å². The van der Waals surface area contributed by atoms with Gasteiger partial charge < -0.3 is 4.74 Å². The van der Waals surface area contributed by atoms with Crippen LogP contribution >= 0.6 is 0 Å². The minimum Gasteiger partial charge on any atom is -0.469 e. The van der Waals surface area contributed by atoms with Crippen molar-refractivity contribution in [2.24, 2.45) is 0 Å². The van der Waals surface area contributed by atoms with E-state index in [2.05, 4.69) is 4.74 Å². The summed E-state index contributed by atoms with van der Waals surface area (Å²) in [4.78, 5) is 34.3. The van der Waals surface area contributed by atoms with Crippen LogP contribution in [0.1, 0.15) is 17.5 Å². The van der Waals surface area contributed by atoms with Gasteiger partial charge in [-0.3, -0.25) is 19.7 Å². The van der Waals surface area contributed by atoms with Crippen LogP contribution in [0.4, 0.5) is 5.69 Å². The SMILES string of the molecule is COC(=O)CC(=O)C(=Cc1ccccc1)c1cccc([N+](=O)[O-])c1. The number of nitro groups is 1. The van der Waals surface area contributed by atoms with Crippen molar-refractivity contribution in [1.82, 2.24) is 0 Å². The molecule has 0 saturated carbocycles. The summed E-state index contributed by atoms with van der Waals surface area (Å²) in [7, 11) is 1.20. The van der Waals surface area contributed by atoms with Gasteiger partial charge in [-0.1, -0.05) is 42.5 Å². The zero-order chi connectivity index (χ0) is 17.5. The third-order valence-corrected chi connectivity index (χ3v) is 3.31. The first-order valence-electron chi connectivity index (χ1n) is 7.13. The molecule has 0 spiro atoms. The third kappa shape index (κ3) is 4.36. The van der Waals surface area contributed by atoms with Gasteiger partial charge in [-0.15, -0.1) is 0 Å². The molecule has 0 amide bonds. The third-order valence-electron chi connectivity index (χ3n) is 3.31. The molecule has 2 aromatic rings. The monoisotopic (exact) mass is 325 g/mol. The molecule has 0 atom stereocenters. The number of nitrogens with zero attached hydrogens (tertiary/aromatic N) is 1. The Hall–Kier alpha value is -3.28. The highest BCUT2D eigenvalue weighted by Gasteiger charge is 2.18. The number of benzene rings is 2. The van der Waals surface area contributed by atoms with Crippen LogP contribution < -0.4 is 0 Å². The number of hydrogen-bond donors (Lipinski definition) is 0. The Morgan fingerprint density at radius 1 is 1.12 bits per heavy atom. The second-order valence-corrected chi connectivity index (χ2v) is 4.95. The van der Waals surface area contributed by atoms with Crippen LogP contribution in [0.25, 0.3) is 11.6 Å². The van der Waals surface area contributed by atoms with E-state index in [1.165, 1.54) is 25.3 Å². The number of rotatable bonds is 6. The van der Waals surface area contributed by atoms with Crippen LogP contribution in [0, 0.1) is 10.1 Å². The molecule has 122 valence electrons. The smallest absolute Gasteiger partial charge is 0.313 e. The lowest BCUT2D eigenvalue weighted by molar-refractivity contribution is -0.384. The summed E-state index contributed by atoms with van der Waals surface area (Å²) in [5, 5.41) is 11.0. The van der Waals surface area contributed by atoms with Gasteiger partial charge in [0.25, 0.3) is 5.69 Å². The summed E-state index contributed by atoms with van der Waals surface area (Å²) in [6.07, 6.45) is 1.17. The number of ketones is 1. The fourth-order valence-corrected chi connectivity index (χ4v) is 2.13. The van der Waals surface area contributed by atoms with Crippen molar-refractivity contribution in [2.75, 3.05) is 7.11 Å². The summed E-state index contributed by atoms with van der Waals surface area (Å²) in [5.74, 6) is -1.13. The first kappa shape index (κ1) is 17.1. The lowest BCUT2D eigenvalue weighted by atomic mass is 9.97. The summed E-state index contributed by atoms with van der Waals surface area (Å²) in [6.45, 7) is 0. The highest BCUT2D eigenvalue weighted by atomic mass is 16.6. The molecule has 0 aliphatic carbocycles. The van der Waals surface area contributed by atoms with Crippen molar-refractivity contribution < 1.29 is 19.2 Å². The average molecular weight is 325 g/mol. The summed E-state index contributed by atoms with van der Waals surface area (Å²) >= 11 is 0. The maximum Gasteiger partial charge on any atom is 0.313 e. The van der Waals surface area contributed by atoms with E-state index in [0.717, 1.165) is 5.56 Å². The molecule has 0 radical (unpaired) electrons. The summed E-state index contributed by atoms with van der Waals surface area (Å²) < 4.78 is 4.52. The van der Waals surface area contributed by atoms with Gasteiger partial charge in [0.05, 0.1) is 12.0 Å². The summed E-state index contributed by atoms with van der Waals surface area (Å²) in [6, 6.07) is 14.8. The Balaban J connectivity index is 2.48. The first-order valence-corrected chi connectivity index (χ1v) is 7.13. The fraction of sp³-hybridized carbons (Fsp3) is 0.111. The van der Waals surface area contributed by atoms with Crippen LogP contribution in [-0.2, 0) is 14.3 Å². The Morgan fingerprint density at radius 2 is 1.83 bits per heavy atom. The molecule has 0 N–H and O–H groups in total. The number of Topliss-reactive ketones (excluding diaryl/α,β-unsaturated/α-hetero) is 1. The molecule has 0 aromatic heterocycles. The molecule has 6 heteroatoms.